The number of nitrogens with zero attached hydrogens (tertiary/aromatic N) is 1. The quantitative estimate of drug-likeness (QED) is 0.497. The van der Waals surface area contributed by atoms with E-state index in [1.165, 1.54) is 22.5 Å². The predicted octanol–water partition coefficient (Wildman–Crippen LogP) is 4.52. The highest BCUT2D eigenvalue weighted by molar-refractivity contribution is 7.12. The van der Waals surface area contributed by atoms with Gasteiger partial charge in [0.25, 0.3) is 11.8 Å². The third kappa shape index (κ3) is 5.39. The molecule has 1 aromatic carbocycles. The van der Waals surface area contributed by atoms with Crippen LogP contribution in [0.2, 0.25) is 0 Å². The van der Waals surface area contributed by atoms with Gasteiger partial charge in [-0.05, 0) is 73.5 Å². The summed E-state index contributed by atoms with van der Waals surface area (Å²) in [6, 6.07) is 11.6. The van der Waals surface area contributed by atoms with Crippen molar-refractivity contribution in [1.82, 2.24) is 10.6 Å². The molecule has 1 saturated carbocycles. The lowest BCUT2D eigenvalue weighted by atomic mass is 10.1. The molecule has 1 fully saturated rings. The number of hydrogen-bond acceptors (Lipinski definition) is 5. The van der Waals surface area contributed by atoms with E-state index in [9.17, 15) is 14.4 Å². The van der Waals surface area contributed by atoms with Gasteiger partial charge in [-0.3, -0.25) is 19.3 Å². The normalized spacial score (nSPS) is 14.5. The number of nitrogens with one attached hydrogen (secondary N) is 2. The van der Waals surface area contributed by atoms with Crippen molar-refractivity contribution in [2.45, 2.75) is 51.6 Å². The third-order valence-electron chi connectivity index (χ3n) is 6.20. The highest BCUT2D eigenvalue weighted by atomic mass is 32.1. The number of aryl methyl sites for hydroxylation is 2. The molecular weight excluding hydrogens is 450 g/mol. The Bertz CT molecular complexity index is 1140. The van der Waals surface area contributed by atoms with Crippen molar-refractivity contribution < 1.29 is 18.8 Å². The average molecular weight is 480 g/mol. The summed E-state index contributed by atoms with van der Waals surface area (Å²) >= 11 is 1.30. The van der Waals surface area contributed by atoms with Gasteiger partial charge in [0, 0.05) is 11.7 Å². The molecule has 7 nitrogen and oxygen atoms in total. The van der Waals surface area contributed by atoms with Gasteiger partial charge in [0.2, 0.25) is 5.91 Å². The van der Waals surface area contributed by atoms with Crippen LogP contribution in [0.5, 0.6) is 0 Å². The number of anilines is 1. The van der Waals surface area contributed by atoms with Gasteiger partial charge in [-0.2, -0.15) is 0 Å². The second-order valence-electron chi connectivity index (χ2n) is 8.60. The van der Waals surface area contributed by atoms with E-state index in [2.05, 4.69) is 10.6 Å². The maximum absolute atomic E-state index is 13.6. The summed E-state index contributed by atoms with van der Waals surface area (Å²) in [5.41, 5.74) is 2.64. The predicted molar refractivity (Wildman–Crippen MR) is 132 cm³/mol. The molecule has 4 rings (SSSR count). The van der Waals surface area contributed by atoms with Crippen LogP contribution in [0.4, 0.5) is 5.69 Å². The Morgan fingerprint density at radius 2 is 1.88 bits per heavy atom. The summed E-state index contributed by atoms with van der Waals surface area (Å²) in [6.07, 6.45) is 5.48. The molecule has 3 aromatic rings. The molecule has 0 saturated heterocycles. The maximum Gasteiger partial charge on any atom is 0.261 e. The molecule has 0 aliphatic heterocycles. The van der Waals surface area contributed by atoms with Crippen LogP contribution in [-0.4, -0.2) is 30.3 Å². The Morgan fingerprint density at radius 1 is 1.09 bits per heavy atom. The largest absolute Gasteiger partial charge is 0.467 e. The minimum atomic E-state index is -0.996. The monoisotopic (exact) mass is 479 g/mol. The first-order valence-electron chi connectivity index (χ1n) is 11.5. The van der Waals surface area contributed by atoms with Gasteiger partial charge in [-0.1, -0.05) is 25.0 Å². The maximum atomic E-state index is 13.6. The number of rotatable bonds is 8. The SMILES string of the molecule is Cc1ccc(N(C(=O)CNC(=O)c2cccs2)[C@H](C(=O)NC2CCCC2)c2ccco2)cc1C. The number of thiophene rings is 1. The molecule has 178 valence electrons. The Labute approximate surface area is 203 Å². The van der Waals surface area contributed by atoms with Crippen molar-refractivity contribution in [3.63, 3.8) is 0 Å². The summed E-state index contributed by atoms with van der Waals surface area (Å²) in [7, 11) is 0. The molecule has 1 aliphatic rings. The Balaban J connectivity index is 1.66. The molecule has 2 aromatic heterocycles. The van der Waals surface area contributed by atoms with Gasteiger partial charge in [0.05, 0.1) is 17.7 Å². The number of benzene rings is 1. The molecule has 8 heteroatoms. The van der Waals surface area contributed by atoms with Crippen LogP contribution in [0.3, 0.4) is 0 Å². The van der Waals surface area contributed by atoms with E-state index >= 15 is 0 Å². The van der Waals surface area contributed by atoms with Crippen molar-refractivity contribution >= 4 is 34.7 Å². The summed E-state index contributed by atoms with van der Waals surface area (Å²) in [5, 5.41) is 7.60. The van der Waals surface area contributed by atoms with Gasteiger partial charge in [-0.15, -0.1) is 11.3 Å². The topological polar surface area (TPSA) is 91.7 Å². The zero-order valence-electron chi connectivity index (χ0n) is 19.4. The average Bonchev–Trinajstić information content (AvgIpc) is 3.61. The molecular formula is C26H29N3O4S. The number of carbonyl (C=O) groups excluding carboxylic acids is 3. The Kier molecular flexibility index (Phi) is 7.47. The van der Waals surface area contributed by atoms with Crippen molar-refractivity contribution in [2.24, 2.45) is 0 Å². The van der Waals surface area contributed by atoms with Crippen LogP contribution in [0.1, 0.15) is 58.3 Å². The molecule has 0 bridgehead atoms. The number of amides is 3. The lowest BCUT2D eigenvalue weighted by Gasteiger charge is -2.31. The van der Waals surface area contributed by atoms with E-state index in [1.807, 2.05) is 32.0 Å². The molecule has 3 amide bonds. The molecule has 0 radical (unpaired) electrons. The zero-order valence-corrected chi connectivity index (χ0v) is 20.2. The fourth-order valence-corrected chi connectivity index (χ4v) is 4.86. The van der Waals surface area contributed by atoms with Crippen molar-refractivity contribution in [2.75, 3.05) is 11.4 Å². The van der Waals surface area contributed by atoms with Crippen LogP contribution >= 0.6 is 11.3 Å². The van der Waals surface area contributed by atoms with Crippen LogP contribution in [0, 0.1) is 13.8 Å². The lowest BCUT2D eigenvalue weighted by Crippen LogP contribution is -2.49. The van der Waals surface area contributed by atoms with E-state index in [-0.39, 0.29) is 24.4 Å². The minimum absolute atomic E-state index is 0.0835. The summed E-state index contributed by atoms with van der Waals surface area (Å²) in [4.78, 5) is 41.5. The number of carbonyl (C=O) groups is 3. The van der Waals surface area contributed by atoms with Gasteiger partial charge >= 0.3 is 0 Å². The van der Waals surface area contributed by atoms with Crippen molar-refractivity contribution in [3.8, 4) is 0 Å². The summed E-state index contributed by atoms with van der Waals surface area (Å²) < 4.78 is 5.63. The minimum Gasteiger partial charge on any atom is -0.467 e. The van der Waals surface area contributed by atoms with Crippen molar-refractivity contribution in [1.29, 1.82) is 0 Å². The standard InChI is InChI=1S/C26H29N3O4S/c1-17-11-12-20(15-18(17)2)29(23(30)16-27-25(31)22-10-6-14-34-22)24(21-9-5-13-33-21)26(32)28-19-7-3-4-8-19/h5-6,9-15,19,24H,3-4,7-8,16H2,1-2H3,(H,27,31)(H,28,32)/t24-/m0/s1. The van der Waals surface area contributed by atoms with E-state index in [4.69, 9.17) is 4.42 Å². The Morgan fingerprint density at radius 3 is 2.53 bits per heavy atom. The fraction of sp³-hybridized carbons (Fsp3) is 0.346. The van der Waals surface area contributed by atoms with Crippen molar-refractivity contribution in [3.05, 3.63) is 75.9 Å². The third-order valence-corrected chi connectivity index (χ3v) is 7.07. The molecule has 2 N–H and O–H groups in total. The smallest absolute Gasteiger partial charge is 0.261 e. The second-order valence-corrected chi connectivity index (χ2v) is 9.55. The van der Waals surface area contributed by atoms with Gasteiger partial charge < -0.3 is 15.1 Å². The first-order chi connectivity index (χ1) is 16.4. The Hall–Kier alpha value is -3.39. The zero-order chi connectivity index (χ0) is 24.1. The van der Waals surface area contributed by atoms with Crippen LogP contribution in [0.25, 0.3) is 0 Å². The second kappa shape index (κ2) is 10.7. The van der Waals surface area contributed by atoms with Gasteiger partial charge in [0.15, 0.2) is 6.04 Å². The first-order valence-corrected chi connectivity index (χ1v) is 12.4. The lowest BCUT2D eigenvalue weighted by molar-refractivity contribution is -0.127. The molecule has 1 atom stereocenters. The number of hydrogen-bond donors (Lipinski definition) is 2. The summed E-state index contributed by atoms with van der Waals surface area (Å²) in [6.45, 7) is 3.70. The number of furan rings is 1. The fourth-order valence-electron chi connectivity index (χ4n) is 4.22. The van der Waals surface area contributed by atoms with Crippen LogP contribution in [-0.2, 0) is 9.59 Å². The summed E-state index contributed by atoms with van der Waals surface area (Å²) in [5.74, 6) is -0.658. The highest BCUT2D eigenvalue weighted by Crippen LogP contribution is 2.31. The van der Waals surface area contributed by atoms with E-state index < -0.39 is 11.9 Å². The molecule has 1 aliphatic carbocycles. The highest BCUT2D eigenvalue weighted by Gasteiger charge is 2.36. The first kappa shape index (κ1) is 23.8. The van der Waals surface area contributed by atoms with Crippen LogP contribution in [0.15, 0.2) is 58.5 Å². The molecule has 34 heavy (non-hydrogen) atoms. The molecule has 2 heterocycles. The van der Waals surface area contributed by atoms with E-state index in [1.54, 1.807) is 29.6 Å². The van der Waals surface area contributed by atoms with E-state index in [0.29, 0.717) is 16.3 Å². The van der Waals surface area contributed by atoms with Gasteiger partial charge in [0.1, 0.15) is 5.76 Å². The van der Waals surface area contributed by atoms with Gasteiger partial charge in [-0.25, -0.2) is 0 Å². The molecule has 0 spiro atoms. The van der Waals surface area contributed by atoms with E-state index in [0.717, 1.165) is 36.8 Å². The molecule has 0 unspecified atom stereocenters. The van der Waals surface area contributed by atoms with Crippen LogP contribution < -0.4 is 15.5 Å².